The van der Waals surface area contributed by atoms with Gasteiger partial charge in [0.25, 0.3) is 0 Å². The maximum absolute atomic E-state index is 11.0. The molecule has 0 spiro atoms. The van der Waals surface area contributed by atoms with E-state index in [0.717, 1.165) is 24.4 Å². The lowest BCUT2D eigenvalue weighted by Crippen LogP contribution is -2.39. The Balaban J connectivity index is 0.00000400. The van der Waals surface area contributed by atoms with Gasteiger partial charge in [-0.1, -0.05) is 6.92 Å². The molecule has 0 aromatic carbocycles. The molecule has 0 aliphatic carbocycles. The summed E-state index contributed by atoms with van der Waals surface area (Å²) >= 11 is 1.74. The van der Waals surface area contributed by atoms with Crippen LogP contribution in [0, 0.1) is 0 Å². The van der Waals surface area contributed by atoms with Gasteiger partial charge in [0.05, 0.1) is 18.5 Å². The minimum atomic E-state index is -0.233. The molecule has 1 rings (SSSR count). The number of nitrogens with one attached hydrogen (secondary N) is 2. The summed E-state index contributed by atoms with van der Waals surface area (Å²) in [5, 5.41) is 7.37. The summed E-state index contributed by atoms with van der Waals surface area (Å²) in [7, 11) is 3.08. The number of esters is 1. The lowest BCUT2D eigenvalue weighted by atomic mass is 10.4. The van der Waals surface area contributed by atoms with Gasteiger partial charge in [-0.25, -0.2) is 4.98 Å². The zero-order valence-corrected chi connectivity index (χ0v) is 15.8. The number of carbonyl (C=O) groups is 1. The molecule has 0 saturated carbocycles. The predicted octanol–water partition coefficient (Wildman–Crippen LogP) is 1.59. The number of hydrogen-bond acceptors (Lipinski definition) is 5. The van der Waals surface area contributed by atoms with Crippen molar-refractivity contribution in [3.8, 4) is 0 Å². The number of hydrogen-bond donors (Lipinski definition) is 2. The second-order valence-electron chi connectivity index (χ2n) is 4.08. The van der Waals surface area contributed by atoms with Crippen LogP contribution in [-0.2, 0) is 22.4 Å². The summed E-state index contributed by atoms with van der Waals surface area (Å²) in [5.41, 5.74) is 0. The Morgan fingerprint density at radius 3 is 2.71 bits per heavy atom. The molecule has 0 unspecified atom stereocenters. The first kappa shape index (κ1) is 20.1. The normalized spacial score (nSPS) is 10.7. The van der Waals surface area contributed by atoms with Crippen LogP contribution in [0.1, 0.15) is 23.2 Å². The fourth-order valence-corrected chi connectivity index (χ4v) is 2.38. The molecule has 120 valence electrons. The number of aromatic nitrogens is 1. The summed E-state index contributed by atoms with van der Waals surface area (Å²) in [4.78, 5) is 20.7. The Labute approximate surface area is 146 Å². The molecule has 0 bridgehead atoms. The van der Waals surface area contributed by atoms with Crippen molar-refractivity contribution in [2.75, 3.05) is 27.2 Å². The van der Waals surface area contributed by atoms with E-state index in [-0.39, 0.29) is 29.9 Å². The van der Waals surface area contributed by atoms with Crippen molar-refractivity contribution in [2.45, 2.75) is 26.2 Å². The SMILES string of the molecule is CCc1cnc(CCNC(=NC)NCCC(=O)OC)s1.I. The van der Waals surface area contributed by atoms with E-state index in [1.165, 1.54) is 12.0 Å². The topological polar surface area (TPSA) is 75.6 Å². The minimum Gasteiger partial charge on any atom is -0.469 e. The lowest BCUT2D eigenvalue weighted by Gasteiger charge is -2.10. The van der Waals surface area contributed by atoms with Crippen molar-refractivity contribution in [3.63, 3.8) is 0 Å². The van der Waals surface area contributed by atoms with Gasteiger partial charge in [-0.15, -0.1) is 35.3 Å². The average Bonchev–Trinajstić information content (AvgIpc) is 2.93. The zero-order chi connectivity index (χ0) is 14.8. The summed E-state index contributed by atoms with van der Waals surface area (Å²) in [6.07, 6.45) is 4.15. The van der Waals surface area contributed by atoms with Gasteiger partial charge in [0.2, 0.25) is 0 Å². The number of carbonyl (C=O) groups excluding carboxylic acids is 1. The summed E-state index contributed by atoms with van der Waals surface area (Å²) in [5.74, 6) is 0.448. The molecule has 1 aromatic heterocycles. The molecule has 0 fully saturated rings. The first-order valence-electron chi connectivity index (χ1n) is 6.64. The number of ether oxygens (including phenoxy) is 1. The van der Waals surface area contributed by atoms with Gasteiger partial charge in [0, 0.05) is 37.6 Å². The van der Waals surface area contributed by atoms with Gasteiger partial charge < -0.3 is 15.4 Å². The molecule has 2 N–H and O–H groups in total. The molecule has 1 heterocycles. The van der Waals surface area contributed by atoms with Crippen molar-refractivity contribution >= 4 is 47.2 Å². The maximum atomic E-state index is 11.0. The Morgan fingerprint density at radius 1 is 1.43 bits per heavy atom. The highest BCUT2D eigenvalue weighted by atomic mass is 127. The van der Waals surface area contributed by atoms with Gasteiger partial charge in [-0.3, -0.25) is 9.79 Å². The van der Waals surface area contributed by atoms with E-state index in [9.17, 15) is 4.79 Å². The Bertz CT molecular complexity index is 451. The highest BCUT2D eigenvalue weighted by Crippen LogP contribution is 2.13. The van der Waals surface area contributed by atoms with Crippen molar-refractivity contribution in [2.24, 2.45) is 4.99 Å². The van der Waals surface area contributed by atoms with Crippen LogP contribution in [0.5, 0.6) is 0 Å². The first-order chi connectivity index (χ1) is 9.69. The number of methoxy groups -OCH3 is 1. The molecule has 0 atom stereocenters. The van der Waals surface area contributed by atoms with Gasteiger partial charge in [-0.2, -0.15) is 0 Å². The quantitative estimate of drug-likeness (QED) is 0.300. The van der Waals surface area contributed by atoms with E-state index in [0.29, 0.717) is 18.9 Å². The molecule has 0 saturated heterocycles. The van der Waals surface area contributed by atoms with Crippen LogP contribution < -0.4 is 10.6 Å². The Morgan fingerprint density at radius 2 is 2.14 bits per heavy atom. The van der Waals surface area contributed by atoms with E-state index in [2.05, 4.69) is 32.3 Å². The molecule has 8 heteroatoms. The molecule has 6 nitrogen and oxygen atoms in total. The molecular formula is C13H23IN4O2S. The molecule has 0 amide bonds. The standard InChI is InChI=1S/C13H22N4O2S.HI/c1-4-10-9-17-11(20-10)5-7-15-13(14-2)16-8-6-12(18)19-3;/h9H,4-8H2,1-3H3,(H2,14,15,16);1H. The second-order valence-corrected chi connectivity index (χ2v) is 5.28. The molecule has 1 aromatic rings. The van der Waals surface area contributed by atoms with Crippen molar-refractivity contribution < 1.29 is 9.53 Å². The van der Waals surface area contributed by atoms with Crippen LogP contribution in [-0.4, -0.2) is 44.2 Å². The summed E-state index contributed by atoms with van der Waals surface area (Å²) in [6.45, 7) is 3.39. The van der Waals surface area contributed by atoms with E-state index < -0.39 is 0 Å². The third kappa shape index (κ3) is 8.20. The Kier molecular flexibility index (Phi) is 11.2. The number of thiazole rings is 1. The molecule has 0 aliphatic heterocycles. The fourth-order valence-electron chi connectivity index (χ4n) is 1.52. The number of guanidine groups is 1. The van der Waals surface area contributed by atoms with E-state index >= 15 is 0 Å². The third-order valence-electron chi connectivity index (χ3n) is 2.65. The van der Waals surface area contributed by atoms with E-state index in [1.807, 2.05) is 6.20 Å². The van der Waals surface area contributed by atoms with Gasteiger partial charge in [0.1, 0.15) is 0 Å². The average molecular weight is 426 g/mol. The maximum Gasteiger partial charge on any atom is 0.307 e. The van der Waals surface area contributed by atoms with Gasteiger partial charge in [-0.05, 0) is 6.42 Å². The van der Waals surface area contributed by atoms with Crippen molar-refractivity contribution in [1.29, 1.82) is 0 Å². The van der Waals surface area contributed by atoms with Crippen LogP contribution in [0.2, 0.25) is 0 Å². The molecular weight excluding hydrogens is 403 g/mol. The van der Waals surface area contributed by atoms with Crippen LogP contribution in [0.4, 0.5) is 0 Å². The highest BCUT2D eigenvalue weighted by molar-refractivity contribution is 14.0. The summed E-state index contributed by atoms with van der Waals surface area (Å²) < 4.78 is 4.57. The fraction of sp³-hybridized carbons (Fsp3) is 0.615. The molecule has 0 radical (unpaired) electrons. The monoisotopic (exact) mass is 426 g/mol. The summed E-state index contributed by atoms with van der Waals surface area (Å²) in [6, 6.07) is 0. The number of halogens is 1. The number of nitrogens with zero attached hydrogens (tertiary/aromatic N) is 2. The van der Waals surface area contributed by atoms with Crippen LogP contribution in [0.25, 0.3) is 0 Å². The van der Waals surface area contributed by atoms with Gasteiger partial charge in [0.15, 0.2) is 5.96 Å². The minimum absolute atomic E-state index is 0. The van der Waals surface area contributed by atoms with Crippen LogP contribution in [0.15, 0.2) is 11.2 Å². The number of rotatable bonds is 7. The van der Waals surface area contributed by atoms with Crippen molar-refractivity contribution in [3.05, 3.63) is 16.1 Å². The van der Waals surface area contributed by atoms with Crippen molar-refractivity contribution in [1.82, 2.24) is 15.6 Å². The predicted molar refractivity (Wildman–Crippen MR) is 96.6 cm³/mol. The Hall–Kier alpha value is -0.900. The first-order valence-corrected chi connectivity index (χ1v) is 7.46. The van der Waals surface area contributed by atoms with E-state index in [4.69, 9.17) is 0 Å². The molecule has 21 heavy (non-hydrogen) atoms. The highest BCUT2D eigenvalue weighted by Gasteiger charge is 2.03. The number of aliphatic imine (C=N–C) groups is 1. The second kappa shape index (κ2) is 11.7. The smallest absolute Gasteiger partial charge is 0.307 e. The zero-order valence-electron chi connectivity index (χ0n) is 12.6. The molecule has 0 aliphatic rings. The van der Waals surface area contributed by atoms with Crippen LogP contribution >= 0.6 is 35.3 Å². The van der Waals surface area contributed by atoms with E-state index in [1.54, 1.807) is 18.4 Å². The third-order valence-corrected chi connectivity index (χ3v) is 3.86. The number of aryl methyl sites for hydroxylation is 1. The van der Waals surface area contributed by atoms with Gasteiger partial charge >= 0.3 is 5.97 Å². The largest absolute Gasteiger partial charge is 0.469 e. The lowest BCUT2D eigenvalue weighted by molar-refractivity contribution is -0.140. The van der Waals surface area contributed by atoms with Crippen LogP contribution in [0.3, 0.4) is 0 Å².